The minimum Gasteiger partial charge on any atom is -0.342 e. The molecule has 2 aromatic heterocycles. The summed E-state index contributed by atoms with van der Waals surface area (Å²) in [5, 5.41) is 1.19. The van der Waals surface area contributed by atoms with Gasteiger partial charge in [-0.1, -0.05) is 6.07 Å². The second kappa shape index (κ2) is 6.79. The van der Waals surface area contributed by atoms with Gasteiger partial charge in [0.15, 0.2) is 0 Å². The SMILES string of the molecule is Cc1ccc(CC(=O)N2CCCC(c3nc(C)c(C)s3)C2)cn1. The van der Waals surface area contributed by atoms with Crippen molar-refractivity contribution in [2.75, 3.05) is 13.1 Å². The van der Waals surface area contributed by atoms with Crippen molar-refractivity contribution in [2.45, 2.75) is 46.0 Å². The number of likely N-dealkylation sites (tertiary alicyclic amines) is 1. The average Bonchev–Trinajstić information content (AvgIpc) is 2.89. The molecule has 23 heavy (non-hydrogen) atoms. The van der Waals surface area contributed by atoms with Crippen molar-refractivity contribution in [3.63, 3.8) is 0 Å². The van der Waals surface area contributed by atoms with Gasteiger partial charge in [0.1, 0.15) is 0 Å². The van der Waals surface area contributed by atoms with Gasteiger partial charge < -0.3 is 4.90 Å². The molecule has 4 nitrogen and oxygen atoms in total. The van der Waals surface area contributed by atoms with E-state index >= 15 is 0 Å². The third-order valence-electron chi connectivity index (χ3n) is 4.50. The first kappa shape index (κ1) is 16.1. The van der Waals surface area contributed by atoms with Crippen molar-refractivity contribution in [1.82, 2.24) is 14.9 Å². The van der Waals surface area contributed by atoms with E-state index in [9.17, 15) is 4.79 Å². The number of nitrogens with zero attached hydrogens (tertiary/aromatic N) is 3. The molecule has 1 fully saturated rings. The van der Waals surface area contributed by atoms with E-state index in [4.69, 9.17) is 4.98 Å². The normalized spacial score (nSPS) is 18.2. The Morgan fingerprint density at radius 3 is 2.83 bits per heavy atom. The number of hydrogen-bond acceptors (Lipinski definition) is 4. The van der Waals surface area contributed by atoms with Crippen LogP contribution in [0.25, 0.3) is 0 Å². The zero-order valence-electron chi connectivity index (χ0n) is 14.0. The van der Waals surface area contributed by atoms with Crippen LogP contribution in [-0.2, 0) is 11.2 Å². The van der Waals surface area contributed by atoms with Crippen LogP contribution in [0.4, 0.5) is 0 Å². The van der Waals surface area contributed by atoms with Crippen LogP contribution in [0.5, 0.6) is 0 Å². The molecule has 1 amide bonds. The van der Waals surface area contributed by atoms with Crippen LogP contribution in [0.1, 0.15) is 45.6 Å². The molecule has 5 heteroatoms. The molecule has 0 aromatic carbocycles. The summed E-state index contributed by atoms with van der Waals surface area (Å²) in [6.45, 7) is 7.79. The van der Waals surface area contributed by atoms with Crippen molar-refractivity contribution >= 4 is 17.2 Å². The number of carbonyl (C=O) groups is 1. The van der Waals surface area contributed by atoms with E-state index in [0.29, 0.717) is 12.3 Å². The summed E-state index contributed by atoms with van der Waals surface area (Å²) in [4.78, 5) is 24.8. The Balaban J connectivity index is 1.65. The highest BCUT2D eigenvalue weighted by Gasteiger charge is 2.27. The number of aromatic nitrogens is 2. The predicted octanol–water partition coefficient (Wildman–Crippen LogP) is 3.41. The molecule has 1 aliphatic rings. The third kappa shape index (κ3) is 3.78. The molecule has 0 saturated carbocycles. The number of piperidine rings is 1. The summed E-state index contributed by atoms with van der Waals surface area (Å²) in [6.07, 6.45) is 4.43. The summed E-state index contributed by atoms with van der Waals surface area (Å²) >= 11 is 1.78. The van der Waals surface area contributed by atoms with Crippen molar-refractivity contribution in [3.05, 3.63) is 45.2 Å². The molecule has 0 radical (unpaired) electrons. The Bertz CT molecular complexity index is 673. The molecule has 0 N–H and O–H groups in total. The first-order chi connectivity index (χ1) is 11.0. The van der Waals surface area contributed by atoms with E-state index in [2.05, 4.69) is 18.8 Å². The van der Waals surface area contributed by atoms with Crippen LogP contribution in [0.15, 0.2) is 18.3 Å². The fourth-order valence-electron chi connectivity index (χ4n) is 2.97. The first-order valence-corrected chi connectivity index (χ1v) is 8.98. The Labute approximate surface area is 141 Å². The monoisotopic (exact) mass is 329 g/mol. The van der Waals surface area contributed by atoms with Crippen molar-refractivity contribution in [3.8, 4) is 0 Å². The van der Waals surface area contributed by atoms with Gasteiger partial charge >= 0.3 is 0 Å². The fourth-order valence-corrected chi connectivity index (χ4v) is 4.02. The molecule has 1 saturated heterocycles. The van der Waals surface area contributed by atoms with Crippen molar-refractivity contribution in [2.24, 2.45) is 0 Å². The Morgan fingerprint density at radius 2 is 2.17 bits per heavy atom. The number of pyridine rings is 1. The molecular weight excluding hydrogens is 306 g/mol. The summed E-state index contributed by atoms with van der Waals surface area (Å²) in [7, 11) is 0. The molecule has 2 aromatic rings. The first-order valence-electron chi connectivity index (χ1n) is 8.16. The highest BCUT2D eigenvalue weighted by molar-refractivity contribution is 7.11. The molecule has 0 bridgehead atoms. The predicted molar refractivity (Wildman–Crippen MR) is 92.8 cm³/mol. The standard InChI is InChI=1S/C18H23N3OS/c1-12-6-7-15(10-19-12)9-17(22)21-8-4-5-16(11-21)18-20-13(2)14(3)23-18/h6-7,10,16H,4-5,8-9,11H2,1-3H3. The molecule has 122 valence electrons. The molecule has 3 rings (SSSR count). The zero-order chi connectivity index (χ0) is 16.4. The smallest absolute Gasteiger partial charge is 0.227 e. The number of carbonyl (C=O) groups excluding carboxylic acids is 1. The summed E-state index contributed by atoms with van der Waals surface area (Å²) < 4.78 is 0. The van der Waals surface area contributed by atoms with Crippen LogP contribution in [0, 0.1) is 20.8 Å². The summed E-state index contributed by atoms with van der Waals surface area (Å²) in [5.41, 5.74) is 3.09. The molecule has 1 aliphatic heterocycles. The van der Waals surface area contributed by atoms with E-state index in [0.717, 1.165) is 42.9 Å². The molecule has 0 aliphatic carbocycles. The number of thiazole rings is 1. The van der Waals surface area contributed by atoms with Crippen LogP contribution < -0.4 is 0 Å². The molecule has 1 unspecified atom stereocenters. The maximum absolute atomic E-state index is 12.6. The topological polar surface area (TPSA) is 46.1 Å². The maximum atomic E-state index is 12.6. The lowest BCUT2D eigenvalue weighted by molar-refractivity contribution is -0.131. The lowest BCUT2D eigenvalue weighted by Gasteiger charge is -2.32. The van der Waals surface area contributed by atoms with Crippen LogP contribution in [-0.4, -0.2) is 33.9 Å². The highest BCUT2D eigenvalue weighted by atomic mass is 32.1. The minimum atomic E-state index is 0.199. The van der Waals surface area contributed by atoms with Crippen molar-refractivity contribution < 1.29 is 4.79 Å². The van der Waals surface area contributed by atoms with Crippen LogP contribution in [0.3, 0.4) is 0 Å². The Kier molecular flexibility index (Phi) is 4.76. The Hall–Kier alpha value is -1.75. The van der Waals surface area contributed by atoms with E-state index < -0.39 is 0 Å². The average molecular weight is 329 g/mol. The molecule has 0 spiro atoms. The number of rotatable bonds is 3. The lowest BCUT2D eigenvalue weighted by atomic mass is 9.98. The Morgan fingerprint density at radius 1 is 1.35 bits per heavy atom. The molecule has 1 atom stereocenters. The lowest BCUT2D eigenvalue weighted by Crippen LogP contribution is -2.39. The van der Waals surface area contributed by atoms with Crippen LogP contribution in [0.2, 0.25) is 0 Å². The quantitative estimate of drug-likeness (QED) is 0.867. The number of hydrogen-bond donors (Lipinski definition) is 0. The minimum absolute atomic E-state index is 0.199. The molecule has 3 heterocycles. The van der Waals surface area contributed by atoms with E-state index in [-0.39, 0.29) is 5.91 Å². The number of amides is 1. The van der Waals surface area contributed by atoms with Crippen molar-refractivity contribution in [1.29, 1.82) is 0 Å². The van der Waals surface area contributed by atoms with Gasteiger partial charge in [0, 0.05) is 35.8 Å². The van der Waals surface area contributed by atoms with E-state index in [1.807, 2.05) is 30.2 Å². The van der Waals surface area contributed by atoms with E-state index in [1.165, 1.54) is 9.88 Å². The summed E-state index contributed by atoms with van der Waals surface area (Å²) in [6, 6.07) is 3.96. The highest BCUT2D eigenvalue weighted by Crippen LogP contribution is 2.31. The second-order valence-corrected chi connectivity index (χ2v) is 7.59. The second-order valence-electron chi connectivity index (χ2n) is 6.36. The summed E-state index contributed by atoms with van der Waals surface area (Å²) in [5.74, 6) is 0.589. The number of aryl methyl sites for hydroxylation is 3. The van der Waals surface area contributed by atoms with Gasteiger partial charge in [-0.05, 0) is 45.2 Å². The van der Waals surface area contributed by atoms with Gasteiger partial charge in [-0.25, -0.2) is 4.98 Å². The maximum Gasteiger partial charge on any atom is 0.227 e. The van der Waals surface area contributed by atoms with Gasteiger partial charge in [0.2, 0.25) is 5.91 Å². The zero-order valence-corrected chi connectivity index (χ0v) is 14.8. The largest absolute Gasteiger partial charge is 0.342 e. The van der Waals surface area contributed by atoms with Gasteiger partial charge in [-0.15, -0.1) is 11.3 Å². The third-order valence-corrected chi connectivity index (χ3v) is 5.73. The van der Waals surface area contributed by atoms with Gasteiger partial charge in [0.05, 0.1) is 17.1 Å². The molecular formula is C18H23N3OS. The van der Waals surface area contributed by atoms with Gasteiger partial charge in [0.25, 0.3) is 0 Å². The van der Waals surface area contributed by atoms with E-state index in [1.54, 1.807) is 11.3 Å². The fraction of sp³-hybridized carbons (Fsp3) is 0.500. The van der Waals surface area contributed by atoms with Gasteiger partial charge in [-0.2, -0.15) is 0 Å². The van der Waals surface area contributed by atoms with Gasteiger partial charge in [-0.3, -0.25) is 9.78 Å². The van der Waals surface area contributed by atoms with Crippen LogP contribution >= 0.6 is 11.3 Å².